The zero-order valence-electron chi connectivity index (χ0n) is 25.4. The van der Waals surface area contributed by atoms with Crippen LogP contribution in [-0.2, 0) is 19.1 Å². The summed E-state index contributed by atoms with van der Waals surface area (Å²) in [5.74, 6) is 2.55. The second kappa shape index (κ2) is 11.9. The number of ether oxygens (including phenoxy) is 1. The molecule has 0 saturated heterocycles. The minimum atomic E-state index is -0.335. The Kier molecular flexibility index (Phi) is 9.01. The smallest absolute Gasteiger partial charge is 0.319 e. The number of Topliss-reactive ketones (excluding diaryl/α,β-unsaturated/α-hetero) is 1. The fraction of sp³-hybridized carbons (Fsp3) is 0.788. The maximum absolute atomic E-state index is 13.4. The Morgan fingerprint density at radius 1 is 1.12 bits per heavy atom. The maximum Gasteiger partial charge on any atom is 0.319 e. The molecule has 1 amide bonds. The molecule has 1 aromatic rings. The first-order valence-electron chi connectivity index (χ1n) is 15.8. The fourth-order valence-electron chi connectivity index (χ4n) is 10.0. The van der Waals surface area contributed by atoms with E-state index in [9.17, 15) is 14.4 Å². The molecule has 0 radical (unpaired) electrons. The Morgan fingerprint density at radius 2 is 1.85 bits per heavy atom. The van der Waals surface area contributed by atoms with Crippen LogP contribution in [0.2, 0.25) is 4.34 Å². The summed E-state index contributed by atoms with van der Waals surface area (Å²) in [6.45, 7) is 11.3. The third-order valence-corrected chi connectivity index (χ3v) is 13.4. The van der Waals surface area contributed by atoms with Gasteiger partial charge in [-0.3, -0.25) is 14.4 Å². The summed E-state index contributed by atoms with van der Waals surface area (Å²) in [5, 5.41) is 3.32. The number of amides is 1. The second-order valence-corrected chi connectivity index (χ2v) is 16.3. The van der Waals surface area contributed by atoms with Crippen LogP contribution >= 0.6 is 22.9 Å². The summed E-state index contributed by atoms with van der Waals surface area (Å²) in [6, 6.07) is 3.89. The third-order valence-electron chi connectivity index (χ3n) is 12.1. The SMILES string of the molecule is CC(C)[C@@H](NC(=O)C[C@@H](C)[C@H]1CC[C@H]2[C@@H]3[C@H](OC(=O)CN)C[C@@H]4CC(=O)CC[C@]4(C)[C@H]3CC[C@]12C)c1ccc(Cl)s1. The van der Waals surface area contributed by atoms with Crippen LogP contribution in [-0.4, -0.2) is 30.3 Å². The van der Waals surface area contributed by atoms with E-state index in [4.69, 9.17) is 22.1 Å². The molecule has 10 atom stereocenters. The lowest BCUT2D eigenvalue weighted by Gasteiger charge is -2.62. The summed E-state index contributed by atoms with van der Waals surface area (Å²) in [4.78, 5) is 39.5. The van der Waals surface area contributed by atoms with Gasteiger partial charge in [-0.15, -0.1) is 11.3 Å². The molecule has 1 aromatic heterocycles. The van der Waals surface area contributed by atoms with Crippen molar-refractivity contribution in [2.45, 2.75) is 105 Å². The van der Waals surface area contributed by atoms with Crippen LogP contribution in [0.1, 0.15) is 103 Å². The monoisotopic (exact) mass is 604 g/mol. The number of ketones is 1. The van der Waals surface area contributed by atoms with E-state index >= 15 is 0 Å². The van der Waals surface area contributed by atoms with E-state index in [1.165, 1.54) is 11.3 Å². The van der Waals surface area contributed by atoms with Crippen LogP contribution in [0.3, 0.4) is 0 Å². The number of carbonyl (C=O) groups is 3. The number of thiophene rings is 1. The van der Waals surface area contributed by atoms with Crippen molar-refractivity contribution >= 4 is 40.6 Å². The van der Waals surface area contributed by atoms with Crippen molar-refractivity contribution in [3.05, 3.63) is 21.3 Å². The van der Waals surface area contributed by atoms with Gasteiger partial charge in [0.05, 0.1) is 16.9 Å². The average molecular weight is 605 g/mol. The van der Waals surface area contributed by atoms with Gasteiger partial charge in [-0.2, -0.15) is 0 Å². The quantitative estimate of drug-likeness (QED) is 0.313. The third kappa shape index (κ3) is 5.76. The summed E-state index contributed by atoms with van der Waals surface area (Å²) in [7, 11) is 0. The van der Waals surface area contributed by atoms with Gasteiger partial charge in [0.15, 0.2) is 0 Å². The van der Waals surface area contributed by atoms with Crippen molar-refractivity contribution in [3.63, 3.8) is 0 Å². The lowest BCUT2D eigenvalue weighted by atomic mass is 9.43. The summed E-state index contributed by atoms with van der Waals surface area (Å²) in [5.41, 5.74) is 5.91. The van der Waals surface area contributed by atoms with Gasteiger partial charge in [-0.25, -0.2) is 0 Å². The minimum absolute atomic E-state index is 0.0363. The molecule has 0 aromatic carbocycles. The number of nitrogens with two attached hydrogens (primary N) is 1. The highest BCUT2D eigenvalue weighted by molar-refractivity contribution is 7.16. The Hall–Kier alpha value is -1.44. The van der Waals surface area contributed by atoms with Gasteiger partial charge in [0.1, 0.15) is 11.9 Å². The first-order chi connectivity index (χ1) is 19.4. The first-order valence-corrected chi connectivity index (χ1v) is 17.0. The molecule has 1 heterocycles. The molecule has 6 nitrogen and oxygen atoms in total. The van der Waals surface area contributed by atoms with E-state index in [-0.39, 0.29) is 59.2 Å². The topological polar surface area (TPSA) is 98.5 Å². The molecule has 228 valence electrons. The normalized spacial score (nSPS) is 38.0. The summed E-state index contributed by atoms with van der Waals surface area (Å²) in [6.07, 6.45) is 7.78. The number of carbonyl (C=O) groups excluding carboxylic acids is 3. The van der Waals surface area contributed by atoms with Crippen LogP contribution in [0.15, 0.2) is 12.1 Å². The maximum atomic E-state index is 13.4. The van der Waals surface area contributed by atoms with Crippen LogP contribution < -0.4 is 11.1 Å². The lowest BCUT2D eigenvalue weighted by molar-refractivity contribution is -0.190. The highest BCUT2D eigenvalue weighted by atomic mass is 35.5. The highest BCUT2D eigenvalue weighted by Crippen LogP contribution is 2.68. The number of nitrogens with one attached hydrogen (secondary N) is 1. The number of halogens is 1. The van der Waals surface area contributed by atoms with Crippen molar-refractivity contribution in [3.8, 4) is 0 Å². The molecule has 5 rings (SSSR count). The number of hydrogen-bond acceptors (Lipinski definition) is 6. The highest BCUT2D eigenvalue weighted by Gasteiger charge is 2.63. The van der Waals surface area contributed by atoms with Gasteiger partial charge >= 0.3 is 5.97 Å². The van der Waals surface area contributed by atoms with Gasteiger partial charge in [-0.1, -0.05) is 46.2 Å². The molecule has 4 aliphatic carbocycles. The van der Waals surface area contributed by atoms with Crippen LogP contribution in [0.4, 0.5) is 0 Å². The van der Waals surface area contributed by atoms with Crippen LogP contribution in [0, 0.1) is 52.3 Å². The Bertz CT molecular complexity index is 1150. The molecule has 3 N–H and O–H groups in total. The molecule has 4 fully saturated rings. The number of fused-ring (bicyclic) bond motifs is 5. The summed E-state index contributed by atoms with van der Waals surface area (Å²) >= 11 is 7.74. The molecule has 0 spiro atoms. The number of hydrogen-bond donors (Lipinski definition) is 2. The molecule has 4 aliphatic rings. The van der Waals surface area contributed by atoms with E-state index in [0.717, 1.165) is 47.7 Å². The predicted molar refractivity (Wildman–Crippen MR) is 163 cm³/mol. The molecule has 8 heteroatoms. The molecule has 41 heavy (non-hydrogen) atoms. The zero-order valence-corrected chi connectivity index (χ0v) is 27.0. The molecule has 0 bridgehead atoms. The van der Waals surface area contributed by atoms with Gasteiger partial charge in [0.25, 0.3) is 0 Å². The predicted octanol–water partition coefficient (Wildman–Crippen LogP) is 6.95. The van der Waals surface area contributed by atoms with Gasteiger partial charge in [-0.05, 0) is 97.0 Å². The molecular formula is C33H49ClN2O4S. The van der Waals surface area contributed by atoms with Crippen molar-refractivity contribution in [1.82, 2.24) is 5.32 Å². The second-order valence-electron chi connectivity index (χ2n) is 14.5. The van der Waals surface area contributed by atoms with Crippen molar-refractivity contribution < 1.29 is 19.1 Å². The van der Waals surface area contributed by atoms with Crippen molar-refractivity contribution in [1.29, 1.82) is 0 Å². The standard InChI is InChI=1S/C33H49ClN2O4S/c1-18(2)31(26-8-9-27(34)41-26)36-28(38)14-19(3)22-6-7-23-30-24(11-13-33(22,23)5)32(4)12-10-21(37)15-20(32)16-25(30)40-29(39)17-35/h8-9,18-20,22-25,30-31H,6-7,10-17,35H2,1-5H3,(H,36,38)/t19-,20+,22-,23+,24+,25-,30+,31-,32+,33-/m1/s1. The number of esters is 1. The number of rotatable bonds is 8. The van der Waals surface area contributed by atoms with E-state index in [0.29, 0.717) is 48.7 Å². The van der Waals surface area contributed by atoms with Gasteiger partial charge in [0, 0.05) is 30.1 Å². The molecule has 0 aliphatic heterocycles. The Labute approximate surface area is 254 Å². The Morgan fingerprint density at radius 3 is 2.51 bits per heavy atom. The molecule has 4 saturated carbocycles. The summed E-state index contributed by atoms with van der Waals surface area (Å²) < 4.78 is 6.86. The van der Waals surface area contributed by atoms with E-state index in [1.54, 1.807) is 0 Å². The van der Waals surface area contributed by atoms with Crippen molar-refractivity contribution in [2.24, 2.45) is 58.0 Å². The minimum Gasteiger partial charge on any atom is -0.461 e. The zero-order chi connectivity index (χ0) is 29.7. The van der Waals surface area contributed by atoms with Gasteiger partial charge < -0.3 is 15.8 Å². The average Bonchev–Trinajstić information content (AvgIpc) is 3.50. The lowest BCUT2D eigenvalue weighted by Crippen LogP contribution is -2.59. The first kappa shape index (κ1) is 31.0. The van der Waals surface area contributed by atoms with Crippen molar-refractivity contribution in [2.75, 3.05) is 6.54 Å². The van der Waals surface area contributed by atoms with E-state index in [2.05, 4.69) is 39.9 Å². The Balaban J connectivity index is 1.33. The largest absolute Gasteiger partial charge is 0.461 e. The van der Waals surface area contributed by atoms with E-state index < -0.39 is 0 Å². The molecule has 0 unspecified atom stereocenters. The fourth-order valence-corrected chi connectivity index (χ4v) is 11.3. The van der Waals surface area contributed by atoms with E-state index in [1.807, 2.05) is 12.1 Å². The van der Waals surface area contributed by atoms with Crippen LogP contribution in [0.5, 0.6) is 0 Å². The molecular weight excluding hydrogens is 556 g/mol. The van der Waals surface area contributed by atoms with Crippen LogP contribution in [0.25, 0.3) is 0 Å². The van der Waals surface area contributed by atoms with Gasteiger partial charge in [0.2, 0.25) is 5.91 Å².